The van der Waals surface area contributed by atoms with Crippen LogP contribution in [0.3, 0.4) is 0 Å². The molecule has 5 heteroatoms. The van der Waals surface area contributed by atoms with E-state index in [9.17, 15) is 4.79 Å². The number of aryl methyl sites for hydroxylation is 1. The van der Waals surface area contributed by atoms with E-state index in [-0.39, 0.29) is 11.9 Å². The van der Waals surface area contributed by atoms with Gasteiger partial charge in [0.15, 0.2) is 0 Å². The molecular formula is C17H22N2O2S. The number of ether oxygens (including phenoxy) is 1. The van der Waals surface area contributed by atoms with Crippen molar-refractivity contribution in [1.82, 2.24) is 4.90 Å². The lowest BCUT2D eigenvalue weighted by atomic mass is 10.1. The van der Waals surface area contributed by atoms with Crippen molar-refractivity contribution in [3.63, 3.8) is 0 Å². The summed E-state index contributed by atoms with van der Waals surface area (Å²) in [5.74, 6) is 0.843. The predicted octanol–water partition coefficient (Wildman–Crippen LogP) is 3.15. The van der Waals surface area contributed by atoms with Crippen LogP contribution < -0.4 is 10.5 Å². The highest BCUT2D eigenvalue weighted by atomic mass is 32.1. The van der Waals surface area contributed by atoms with Crippen LogP contribution in [-0.4, -0.2) is 37.6 Å². The highest BCUT2D eigenvalue weighted by molar-refractivity contribution is 7.14. The molecule has 0 fully saturated rings. The zero-order chi connectivity index (χ0) is 16.3. The van der Waals surface area contributed by atoms with Gasteiger partial charge in [0.2, 0.25) is 0 Å². The molecule has 0 radical (unpaired) electrons. The highest BCUT2D eigenvalue weighted by Gasteiger charge is 2.20. The van der Waals surface area contributed by atoms with Gasteiger partial charge in [0.05, 0.1) is 12.0 Å². The number of thiophene rings is 1. The first kappa shape index (κ1) is 16.5. The number of carbonyl (C=O) groups excluding carboxylic acids is 1. The minimum absolute atomic E-state index is 0.0193. The Morgan fingerprint density at radius 2 is 2.00 bits per heavy atom. The maximum atomic E-state index is 12.5. The fourth-order valence-electron chi connectivity index (χ4n) is 2.18. The molecule has 1 heterocycles. The van der Waals surface area contributed by atoms with Crippen molar-refractivity contribution in [2.75, 3.05) is 20.7 Å². The Kier molecular flexibility index (Phi) is 5.21. The van der Waals surface area contributed by atoms with Gasteiger partial charge in [-0.3, -0.25) is 4.79 Å². The number of rotatable bonds is 5. The molecule has 0 aliphatic rings. The van der Waals surface area contributed by atoms with Crippen LogP contribution in [0.4, 0.5) is 0 Å². The summed E-state index contributed by atoms with van der Waals surface area (Å²) in [6.07, 6.45) is 0. The fourth-order valence-corrected chi connectivity index (χ4v) is 3.20. The third-order valence-corrected chi connectivity index (χ3v) is 4.89. The Bertz CT molecular complexity index is 649. The first-order chi connectivity index (χ1) is 10.5. The summed E-state index contributed by atoms with van der Waals surface area (Å²) in [6.45, 7) is 4.44. The lowest BCUT2D eigenvalue weighted by molar-refractivity contribution is 0.0753. The first-order valence-electron chi connectivity index (χ1n) is 7.20. The lowest BCUT2D eigenvalue weighted by Crippen LogP contribution is -2.39. The summed E-state index contributed by atoms with van der Waals surface area (Å²) in [5.41, 5.74) is 7.81. The highest BCUT2D eigenvalue weighted by Crippen LogP contribution is 2.32. The zero-order valence-corrected chi connectivity index (χ0v) is 14.2. The Hall–Kier alpha value is -1.85. The van der Waals surface area contributed by atoms with E-state index in [1.807, 2.05) is 44.2 Å². The molecule has 118 valence electrons. The summed E-state index contributed by atoms with van der Waals surface area (Å²) < 4.78 is 5.18. The van der Waals surface area contributed by atoms with E-state index in [0.29, 0.717) is 6.54 Å². The van der Waals surface area contributed by atoms with Crippen LogP contribution in [0.1, 0.15) is 21.5 Å². The van der Waals surface area contributed by atoms with Crippen molar-refractivity contribution in [3.05, 3.63) is 40.1 Å². The zero-order valence-electron chi connectivity index (χ0n) is 13.4. The Balaban J connectivity index is 2.29. The van der Waals surface area contributed by atoms with Gasteiger partial charge < -0.3 is 15.4 Å². The van der Waals surface area contributed by atoms with Gasteiger partial charge in [0, 0.05) is 24.5 Å². The molecule has 1 unspecified atom stereocenters. The van der Waals surface area contributed by atoms with E-state index in [0.717, 1.165) is 26.6 Å². The summed E-state index contributed by atoms with van der Waals surface area (Å²) in [6, 6.07) is 9.86. The van der Waals surface area contributed by atoms with Gasteiger partial charge in [-0.15, -0.1) is 11.3 Å². The molecule has 4 nitrogen and oxygen atoms in total. The Morgan fingerprint density at radius 3 is 2.55 bits per heavy atom. The minimum atomic E-state index is 0.0193. The molecule has 0 spiro atoms. The summed E-state index contributed by atoms with van der Waals surface area (Å²) >= 11 is 1.52. The molecule has 0 aliphatic carbocycles. The molecule has 2 aromatic rings. The summed E-state index contributed by atoms with van der Waals surface area (Å²) in [7, 11) is 3.44. The van der Waals surface area contributed by atoms with Gasteiger partial charge in [-0.05, 0) is 43.2 Å². The normalized spacial score (nSPS) is 12.0. The molecule has 2 N–H and O–H groups in total. The average Bonchev–Trinajstić information content (AvgIpc) is 2.94. The second-order valence-electron chi connectivity index (χ2n) is 5.31. The van der Waals surface area contributed by atoms with E-state index in [1.165, 1.54) is 11.3 Å². The largest absolute Gasteiger partial charge is 0.497 e. The van der Waals surface area contributed by atoms with E-state index in [1.54, 1.807) is 19.1 Å². The van der Waals surface area contributed by atoms with Gasteiger partial charge in [-0.1, -0.05) is 12.1 Å². The number of carbonyl (C=O) groups is 1. The van der Waals surface area contributed by atoms with Crippen LogP contribution in [0.2, 0.25) is 0 Å². The molecule has 0 bridgehead atoms. The van der Waals surface area contributed by atoms with E-state index in [4.69, 9.17) is 10.5 Å². The second-order valence-corrected chi connectivity index (χ2v) is 6.57. The van der Waals surface area contributed by atoms with Crippen LogP contribution >= 0.6 is 11.3 Å². The smallest absolute Gasteiger partial charge is 0.263 e. The topological polar surface area (TPSA) is 55.6 Å². The third kappa shape index (κ3) is 3.31. The molecule has 0 saturated carbocycles. The predicted molar refractivity (Wildman–Crippen MR) is 91.7 cm³/mol. The molecule has 1 amide bonds. The maximum absolute atomic E-state index is 12.5. The van der Waals surface area contributed by atoms with Gasteiger partial charge in [0.25, 0.3) is 5.91 Å². The third-order valence-electron chi connectivity index (χ3n) is 3.85. The molecular weight excluding hydrogens is 296 g/mol. The molecule has 0 aliphatic heterocycles. The van der Waals surface area contributed by atoms with Crippen LogP contribution in [0.5, 0.6) is 5.75 Å². The monoisotopic (exact) mass is 318 g/mol. The molecule has 1 atom stereocenters. The minimum Gasteiger partial charge on any atom is -0.497 e. The summed E-state index contributed by atoms with van der Waals surface area (Å²) in [5, 5.41) is 0. The van der Waals surface area contributed by atoms with Gasteiger partial charge >= 0.3 is 0 Å². The van der Waals surface area contributed by atoms with Gasteiger partial charge in [0.1, 0.15) is 5.75 Å². The quantitative estimate of drug-likeness (QED) is 0.921. The number of amides is 1. The van der Waals surface area contributed by atoms with E-state index in [2.05, 4.69) is 0 Å². The number of nitrogens with zero attached hydrogens (tertiary/aromatic N) is 1. The lowest BCUT2D eigenvalue weighted by Gasteiger charge is -2.22. The molecule has 0 saturated heterocycles. The second kappa shape index (κ2) is 6.94. The van der Waals surface area contributed by atoms with Crippen LogP contribution in [0, 0.1) is 6.92 Å². The molecule has 22 heavy (non-hydrogen) atoms. The molecule has 1 aromatic carbocycles. The van der Waals surface area contributed by atoms with Crippen molar-refractivity contribution in [2.45, 2.75) is 19.9 Å². The van der Waals surface area contributed by atoms with Crippen molar-refractivity contribution >= 4 is 17.2 Å². The van der Waals surface area contributed by atoms with Gasteiger partial charge in [-0.25, -0.2) is 0 Å². The van der Waals surface area contributed by atoms with Gasteiger partial charge in [-0.2, -0.15) is 0 Å². The SMILES string of the molecule is COc1ccc(-c2cc(C(=O)N(C)C(C)CN)sc2C)cc1. The van der Waals surface area contributed by atoms with Crippen LogP contribution in [0.25, 0.3) is 11.1 Å². The fraction of sp³-hybridized carbons (Fsp3) is 0.353. The Labute approximate surface area is 135 Å². The molecule has 1 aromatic heterocycles. The Morgan fingerprint density at radius 1 is 1.36 bits per heavy atom. The number of hydrogen-bond donors (Lipinski definition) is 1. The van der Waals surface area contributed by atoms with Crippen LogP contribution in [0.15, 0.2) is 30.3 Å². The van der Waals surface area contributed by atoms with Crippen molar-refractivity contribution in [2.24, 2.45) is 5.73 Å². The van der Waals surface area contributed by atoms with E-state index >= 15 is 0 Å². The average molecular weight is 318 g/mol. The molecule has 2 rings (SSSR count). The number of nitrogens with two attached hydrogens (primary N) is 1. The standard InChI is InChI=1S/C17H22N2O2S/c1-11(10-18)19(3)17(20)16-9-15(12(2)22-16)13-5-7-14(21-4)8-6-13/h5-9,11H,10,18H2,1-4H3. The van der Waals surface area contributed by atoms with Crippen molar-refractivity contribution in [3.8, 4) is 16.9 Å². The number of methoxy groups -OCH3 is 1. The van der Waals surface area contributed by atoms with Crippen LogP contribution in [-0.2, 0) is 0 Å². The number of benzene rings is 1. The number of likely N-dealkylation sites (N-methyl/N-ethyl adjacent to an activating group) is 1. The summed E-state index contributed by atoms with van der Waals surface area (Å²) in [4.78, 5) is 16.1. The van der Waals surface area contributed by atoms with Crippen molar-refractivity contribution < 1.29 is 9.53 Å². The first-order valence-corrected chi connectivity index (χ1v) is 8.01. The number of hydrogen-bond acceptors (Lipinski definition) is 4. The van der Waals surface area contributed by atoms with Crippen molar-refractivity contribution in [1.29, 1.82) is 0 Å². The maximum Gasteiger partial charge on any atom is 0.263 e. The van der Waals surface area contributed by atoms with E-state index < -0.39 is 0 Å².